The molecular formula is C15H22Cl2N2O2. The third-order valence-corrected chi connectivity index (χ3v) is 3.25. The Morgan fingerprint density at radius 2 is 1.95 bits per heavy atom. The SMILES string of the molecule is CNC(=O)CCOc1c(Cl)cc(Cl)cc1CNC(C)(C)C. The molecule has 0 atom stereocenters. The van der Waals surface area contributed by atoms with Gasteiger partial charge in [0.1, 0.15) is 5.75 Å². The van der Waals surface area contributed by atoms with Gasteiger partial charge >= 0.3 is 0 Å². The Labute approximate surface area is 136 Å². The molecule has 1 rings (SSSR count). The lowest BCUT2D eigenvalue weighted by Crippen LogP contribution is -2.35. The van der Waals surface area contributed by atoms with Crippen molar-refractivity contribution in [1.29, 1.82) is 0 Å². The van der Waals surface area contributed by atoms with Gasteiger partial charge in [-0.2, -0.15) is 0 Å². The van der Waals surface area contributed by atoms with Gasteiger partial charge in [-0.05, 0) is 32.9 Å². The van der Waals surface area contributed by atoms with Crippen molar-refractivity contribution in [3.8, 4) is 5.75 Å². The summed E-state index contributed by atoms with van der Waals surface area (Å²) in [5, 5.41) is 6.92. The van der Waals surface area contributed by atoms with Crippen molar-refractivity contribution < 1.29 is 9.53 Å². The lowest BCUT2D eigenvalue weighted by atomic mass is 10.1. The van der Waals surface area contributed by atoms with Gasteiger partial charge in [0, 0.05) is 29.7 Å². The molecule has 1 aromatic carbocycles. The number of hydrogen-bond donors (Lipinski definition) is 2. The highest BCUT2D eigenvalue weighted by molar-refractivity contribution is 6.35. The molecular weight excluding hydrogens is 311 g/mol. The minimum atomic E-state index is -0.0746. The minimum absolute atomic E-state index is 0.0336. The molecule has 1 aromatic rings. The van der Waals surface area contributed by atoms with Crippen LogP contribution in [0.25, 0.3) is 0 Å². The number of carbonyl (C=O) groups is 1. The Bertz CT molecular complexity index is 499. The van der Waals surface area contributed by atoms with Crippen LogP contribution in [0.4, 0.5) is 0 Å². The molecule has 0 aliphatic rings. The summed E-state index contributed by atoms with van der Waals surface area (Å²) in [5.74, 6) is 0.496. The average molecular weight is 333 g/mol. The van der Waals surface area contributed by atoms with Crippen molar-refractivity contribution in [1.82, 2.24) is 10.6 Å². The summed E-state index contributed by atoms with van der Waals surface area (Å²) < 4.78 is 5.67. The number of nitrogens with one attached hydrogen (secondary N) is 2. The molecule has 0 saturated carbocycles. The van der Waals surface area contributed by atoms with E-state index in [2.05, 4.69) is 31.4 Å². The Kier molecular flexibility index (Phi) is 6.78. The van der Waals surface area contributed by atoms with Gasteiger partial charge < -0.3 is 15.4 Å². The van der Waals surface area contributed by atoms with Crippen molar-refractivity contribution >= 4 is 29.1 Å². The van der Waals surface area contributed by atoms with Gasteiger partial charge in [0.05, 0.1) is 18.1 Å². The van der Waals surface area contributed by atoms with Crippen molar-refractivity contribution in [2.45, 2.75) is 39.3 Å². The third kappa shape index (κ3) is 6.55. The van der Waals surface area contributed by atoms with Crippen LogP contribution >= 0.6 is 23.2 Å². The molecule has 4 nitrogen and oxygen atoms in total. The first kappa shape index (κ1) is 18.1. The zero-order valence-electron chi connectivity index (χ0n) is 12.8. The van der Waals surface area contributed by atoms with Gasteiger partial charge in [0.25, 0.3) is 0 Å². The quantitative estimate of drug-likeness (QED) is 0.839. The zero-order chi connectivity index (χ0) is 16.0. The van der Waals surface area contributed by atoms with Crippen LogP contribution in [0.3, 0.4) is 0 Å². The van der Waals surface area contributed by atoms with E-state index < -0.39 is 0 Å². The van der Waals surface area contributed by atoms with E-state index in [1.165, 1.54) is 0 Å². The van der Waals surface area contributed by atoms with E-state index in [4.69, 9.17) is 27.9 Å². The molecule has 21 heavy (non-hydrogen) atoms. The van der Waals surface area contributed by atoms with Crippen molar-refractivity contribution in [2.24, 2.45) is 0 Å². The molecule has 0 bridgehead atoms. The van der Waals surface area contributed by atoms with Crippen molar-refractivity contribution in [3.63, 3.8) is 0 Å². The Morgan fingerprint density at radius 1 is 1.29 bits per heavy atom. The maximum atomic E-state index is 11.2. The second-order valence-electron chi connectivity index (χ2n) is 5.75. The molecule has 0 aliphatic heterocycles. The largest absolute Gasteiger partial charge is 0.491 e. The van der Waals surface area contributed by atoms with Crippen molar-refractivity contribution in [3.05, 3.63) is 27.7 Å². The predicted molar refractivity (Wildman–Crippen MR) is 87.2 cm³/mol. The summed E-state index contributed by atoms with van der Waals surface area (Å²) in [6.07, 6.45) is 0.279. The van der Waals surface area contributed by atoms with Crippen LogP contribution in [0.2, 0.25) is 10.0 Å². The zero-order valence-corrected chi connectivity index (χ0v) is 14.4. The molecule has 0 aliphatic carbocycles. The van der Waals surface area contributed by atoms with Crippen LogP contribution in [0.15, 0.2) is 12.1 Å². The minimum Gasteiger partial charge on any atom is -0.491 e. The van der Waals surface area contributed by atoms with E-state index in [0.717, 1.165) is 5.56 Å². The number of hydrogen-bond acceptors (Lipinski definition) is 3. The van der Waals surface area contributed by atoms with E-state index in [1.807, 2.05) is 6.07 Å². The molecule has 6 heteroatoms. The Morgan fingerprint density at radius 3 is 2.52 bits per heavy atom. The van der Waals surface area contributed by atoms with Crippen LogP contribution in [-0.2, 0) is 11.3 Å². The molecule has 0 unspecified atom stereocenters. The van der Waals surface area contributed by atoms with E-state index in [9.17, 15) is 4.79 Å². The molecule has 0 heterocycles. The Balaban J connectivity index is 2.82. The molecule has 0 spiro atoms. The number of halogens is 2. The van der Waals surface area contributed by atoms with Crippen LogP contribution in [0, 0.1) is 0 Å². The lowest BCUT2D eigenvalue weighted by Gasteiger charge is -2.22. The topological polar surface area (TPSA) is 50.4 Å². The third-order valence-electron chi connectivity index (χ3n) is 2.75. The lowest BCUT2D eigenvalue weighted by molar-refractivity contribution is -0.121. The van der Waals surface area contributed by atoms with E-state index >= 15 is 0 Å². The first-order valence-corrected chi connectivity index (χ1v) is 7.55. The first-order chi connectivity index (χ1) is 9.73. The van der Waals surface area contributed by atoms with Crippen LogP contribution < -0.4 is 15.4 Å². The van der Waals surface area contributed by atoms with Gasteiger partial charge in [-0.3, -0.25) is 4.79 Å². The molecule has 0 saturated heterocycles. The second-order valence-corrected chi connectivity index (χ2v) is 6.59. The predicted octanol–water partition coefficient (Wildman–Crippen LogP) is 3.40. The van der Waals surface area contributed by atoms with Gasteiger partial charge in [-0.1, -0.05) is 23.2 Å². The summed E-state index contributed by atoms with van der Waals surface area (Å²) >= 11 is 12.2. The second kappa shape index (κ2) is 7.87. The molecule has 0 fully saturated rings. The number of carbonyl (C=O) groups excluding carboxylic acids is 1. The Hall–Kier alpha value is -0.970. The summed E-state index contributed by atoms with van der Waals surface area (Å²) in [7, 11) is 1.59. The molecule has 2 N–H and O–H groups in total. The fraction of sp³-hybridized carbons (Fsp3) is 0.533. The van der Waals surface area contributed by atoms with Crippen molar-refractivity contribution in [2.75, 3.05) is 13.7 Å². The number of ether oxygens (including phenoxy) is 1. The van der Waals surface area contributed by atoms with Gasteiger partial charge in [0.15, 0.2) is 0 Å². The summed E-state index contributed by atoms with van der Waals surface area (Å²) in [4.78, 5) is 11.2. The number of amides is 1. The molecule has 1 amide bonds. The number of benzene rings is 1. The fourth-order valence-corrected chi connectivity index (χ4v) is 2.23. The fourth-order valence-electron chi connectivity index (χ4n) is 1.64. The number of rotatable bonds is 6. The highest BCUT2D eigenvalue weighted by Crippen LogP contribution is 2.32. The van der Waals surface area contributed by atoms with Crippen LogP contribution in [-0.4, -0.2) is 25.1 Å². The van der Waals surface area contributed by atoms with E-state index in [1.54, 1.807) is 13.1 Å². The first-order valence-electron chi connectivity index (χ1n) is 6.79. The molecule has 0 radical (unpaired) electrons. The molecule has 118 valence electrons. The van der Waals surface area contributed by atoms with E-state index in [0.29, 0.717) is 22.3 Å². The normalized spacial score (nSPS) is 11.3. The maximum absolute atomic E-state index is 11.2. The average Bonchev–Trinajstić information content (AvgIpc) is 2.37. The summed E-state index contributed by atoms with van der Waals surface area (Å²) in [6.45, 7) is 7.07. The van der Waals surface area contributed by atoms with E-state index in [-0.39, 0.29) is 24.5 Å². The summed E-state index contributed by atoms with van der Waals surface area (Å²) in [5.41, 5.74) is 0.841. The standard InChI is InChI=1S/C15H22Cl2N2O2/c1-15(2,3)19-9-10-7-11(16)8-12(17)14(10)21-6-5-13(20)18-4/h7-8,19H,5-6,9H2,1-4H3,(H,18,20). The van der Waals surface area contributed by atoms with Gasteiger partial charge in [-0.15, -0.1) is 0 Å². The maximum Gasteiger partial charge on any atom is 0.223 e. The highest BCUT2D eigenvalue weighted by atomic mass is 35.5. The smallest absolute Gasteiger partial charge is 0.223 e. The van der Waals surface area contributed by atoms with Crippen LogP contribution in [0.5, 0.6) is 5.75 Å². The molecule has 0 aromatic heterocycles. The summed E-state index contributed by atoms with van der Waals surface area (Å²) in [6, 6.07) is 3.46. The van der Waals surface area contributed by atoms with Crippen LogP contribution in [0.1, 0.15) is 32.8 Å². The van der Waals surface area contributed by atoms with Gasteiger partial charge in [-0.25, -0.2) is 0 Å². The highest BCUT2D eigenvalue weighted by Gasteiger charge is 2.15. The van der Waals surface area contributed by atoms with Gasteiger partial charge in [0.2, 0.25) is 5.91 Å². The monoisotopic (exact) mass is 332 g/mol.